The smallest absolute Gasteiger partial charge is 0.0157 e. The minimum atomic E-state index is 1.25. The van der Waals surface area contributed by atoms with Crippen LogP contribution in [0, 0.1) is 0 Å². The Labute approximate surface area is 194 Å². The quantitative estimate of drug-likeness (QED) is 0.198. The molecule has 0 N–H and O–H groups in total. The molecule has 0 atom stereocenters. The second-order valence-corrected chi connectivity index (χ2v) is 8.33. The van der Waals surface area contributed by atoms with Crippen LogP contribution in [0.2, 0.25) is 0 Å². The summed E-state index contributed by atoms with van der Waals surface area (Å²) in [6, 6.07) is 35.1. The molecule has 0 aromatic heterocycles. The van der Waals surface area contributed by atoms with Gasteiger partial charge in [0.1, 0.15) is 0 Å². The van der Waals surface area contributed by atoms with Crippen LogP contribution in [0.1, 0.15) is 16.7 Å². The maximum Gasteiger partial charge on any atom is -0.0157 e. The minimum absolute atomic E-state index is 1.25. The van der Waals surface area contributed by atoms with Crippen molar-refractivity contribution in [2.24, 2.45) is 0 Å². The molecule has 0 saturated heterocycles. The fourth-order valence-corrected chi connectivity index (χ4v) is 5.20. The summed E-state index contributed by atoms with van der Waals surface area (Å²) in [5.41, 5.74) is 9.03. The van der Waals surface area contributed by atoms with Crippen molar-refractivity contribution in [1.29, 1.82) is 0 Å². The molecule has 0 heterocycles. The Morgan fingerprint density at radius 1 is 0.545 bits per heavy atom. The maximum absolute atomic E-state index is 3.81. The van der Waals surface area contributed by atoms with Gasteiger partial charge in [0.05, 0.1) is 0 Å². The number of rotatable bonds is 4. The summed E-state index contributed by atoms with van der Waals surface area (Å²) in [5.74, 6) is 0. The zero-order valence-electron chi connectivity index (χ0n) is 18.3. The number of hydrogen-bond donors (Lipinski definition) is 0. The third-order valence-electron chi connectivity index (χ3n) is 6.53. The molecule has 0 radical (unpaired) electrons. The van der Waals surface area contributed by atoms with Gasteiger partial charge < -0.3 is 0 Å². The molecule has 0 amide bonds. The van der Waals surface area contributed by atoms with E-state index in [0.717, 1.165) is 0 Å². The van der Waals surface area contributed by atoms with E-state index in [4.69, 9.17) is 0 Å². The molecular weight excluding hydrogens is 396 g/mol. The predicted molar refractivity (Wildman–Crippen MR) is 143 cm³/mol. The molecule has 0 heteroatoms. The first kappa shape index (κ1) is 19.4. The summed E-state index contributed by atoms with van der Waals surface area (Å²) in [5, 5.41) is 5.19. The van der Waals surface area contributed by atoms with E-state index in [1.54, 1.807) is 0 Å². The normalized spacial score (nSPS) is 12.7. The van der Waals surface area contributed by atoms with Crippen LogP contribution >= 0.6 is 0 Å². The summed E-state index contributed by atoms with van der Waals surface area (Å²) >= 11 is 0. The van der Waals surface area contributed by atoms with Gasteiger partial charge in [0.25, 0.3) is 0 Å². The Hall–Kier alpha value is -4.29. The molecule has 0 spiro atoms. The molecule has 6 rings (SSSR count). The lowest BCUT2D eigenvalue weighted by Gasteiger charge is -2.17. The summed E-state index contributed by atoms with van der Waals surface area (Å²) in [6.45, 7) is 3.81. The average Bonchev–Trinajstić information content (AvgIpc) is 3.38. The summed E-state index contributed by atoms with van der Waals surface area (Å²) < 4.78 is 0. The Kier molecular flexibility index (Phi) is 4.70. The highest BCUT2D eigenvalue weighted by molar-refractivity contribution is 6.25. The molecule has 0 unspecified atom stereocenters. The van der Waals surface area contributed by atoms with E-state index in [1.807, 2.05) is 18.2 Å². The van der Waals surface area contributed by atoms with Crippen molar-refractivity contribution in [3.8, 4) is 11.1 Å². The van der Waals surface area contributed by atoms with E-state index < -0.39 is 0 Å². The molecule has 0 nitrogen and oxygen atoms in total. The second-order valence-electron chi connectivity index (χ2n) is 8.33. The average molecular weight is 420 g/mol. The maximum atomic E-state index is 3.81. The molecule has 5 aromatic rings. The van der Waals surface area contributed by atoms with E-state index in [1.165, 1.54) is 60.5 Å². The van der Waals surface area contributed by atoms with Gasteiger partial charge in [-0.3, -0.25) is 0 Å². The van der Waals surface area contributed by atoms with Crippen molar-refractivity contribution in [3.63, 3.8) is 0 Å². The molecule has 33 heavy (non-hydrogen) atoms. The molecule has 0 saturated carbocycles. The van der Waals surface area contributed by atoms with Crippen molar-refractivity contribution < 1.29 is 0 Å². The van der Waals surface area contributed by atoms with Crippen LogP contribution < -0.4 is 0 Å². The van der Waals surface area contributed by atoms with Crippen molar-refractivity contribution in [1.82, 2.24) is 0 Å². The minimum Gasteiger partial charge on any atom is -0.0997 e. The second kappa shape index (κ2) is 8.00. The fraction of sp³-hybridized carbons (Fsp3) is 0. The van der Waals surface area contributed by atoms with E-state index in [0.29, 0.717) is 0 Å². The van der Waals surface area contributed by atoms with Crippen molar-refractivity contribution >= 4 is 32.7 Å². The molecule has 156 valence electrons. The van der Waals surface area contributed by atoms with Crippen LogP contribution in [0.5, 0.6) is 0 Å². The van der Waals surface area contributed by atoms with Crippen LogP contribution in [-0.2, 0) is 0 Å². The van der Waals surface area contributed by atoms with Crippen LogP contribution in [0.3, 0.4) is 0 Å². The third kappa shape index (κ3) is 3.03. The largest absolute Gasteiger partial charge is 0.0997 e. The van der Waals surface area contributed by atoms with E-state index in [9.17, 15) is 0 Å². The van der Waals surface area contributed by atoms with Crippen LogP contribution in [0.15, 0.2) is 134 Å². The number of fused-ring (bicyclic) bond motifs is 6. The monoisotopic (exact) mass is 419 g/mol. The molecule has 0 fully saturated rings. The van der Waals surface area contributed by atoms with E-state index in [2.05, 4.69) is 116 Å². The number of hydrogen-bond acceptors (Lipinski definition) is 0. The van der Waals surface area contributed by atoms with Gasteiger partial charge in [0, 0.05) is 0 Å². The molecule has 5 aromatic carbocycles. The Balaban J connectivity index is 1.78. The molecule has 0 aliphatic heterocycles. The number of benzene rings is 4. The zero-order valence-corrected chi connectivity index (χ0v) is 18.3. The van der Waals surface area contributed by atoms with Gasteiger partial charge in [0.15, 0.2) is 0 Å². The van der Waals surface area contributed by atoms with Gasteiger partial charge in [-0.2, -0.15) is 0 Å². The number of allylic oxidation sites excluding steroid dienone is 6. The SMILES string of the molecule is C=C/C=C\C=C\C(=C1c2ccccc2-c2ccccc21)[c-]1c2ccccc2c2ccccc21. The molecule has 1 aliphatic rings. The molecular formula is C33H23-. The third-order valence-corrected chi connectivity index (χ3v) is 6.53. The zero-order chi connectivity index (χ0) is 22.2. The lowest BCUT2D eigenvalue weighted by atomic mass is 9.91. The van der Waals surface area contributed by atoms with Crippen LogP contribution in [0.4, 0.5) is 0 Å². The van der Waals surface area contributed by atoms with Gasteiger partial charge in [-0.15, -0.1) is 0 Å². The first-order valence-electron chi connectivity index (χ1n) is 11.3. The van der Waals surface area contributed by atoms with E-state index in [-0.39, 0.29) is 0 Å². The topological polar surface area (TPSA) is 0 Å². The summed E-state index contributed by atoms with van der Waals surface area (Å²) in [4.78, 5) is 0. The van der Waals surface area contributed by atoms with Gasteiger partial charge >= 0.3 is 0 Å². The molecule has 1 aliphatic carbocycles. The van der Waals surface area contributed by atoms with Crippen molar-refractivity contribution in [2.45, 2.75) is 0 Å². The Morgan fingerprint density at radius 2 is 1.03 bits per heavy atom. The molecule has 0 bridgehead atoms. The fourth-order valence-electron chi connectivity index (χ4n) is 5.20. The summed E-state index contributed by atoms with van der Waals surface area (Å²) in [7, 11) is 0. The first-order chi connectivity index (χ1) is 16.4. The Bertz CT molecular complexity index is 1510. The summed E-state index contributed by atoms with van der Waals surface area (Å²) in [6.07, 6.45) is 10.2. The van der Waals surface area contributed by atoms with Crippen LogP contribution in [0.25, 0.3) is 43.8 Å². The van der Waals surface area contributed by atoms with E-state index >= 15 is 0 Å². The predicted octanol–water partition coefficient (Wildman–Crippen LogP) is 8.95. The highest BCUT2D eigenvalue weighted by atomic mass is 14.3. The van der Waals surface area contributed by atoms with Crippen molar-refractivity contribution in [2.75, 3.05) is 0 Å². The Morgan fingerprint density at radius 3 is 1.58 bits per heavy atom. The van der Waals surface area contributed by atoms with Gasteiger partial charge in [-0.1, -0.05) is 167 Å². The van der Waals surface area contributed by atoms with Gasteiger partial charge in [-0.05, 0) is 27.8 Å². The standard InChI is InChI=1S/C33H23/c1-2-3-4-5-22-31(32-27-18-10-6-14-23(27)24-15-7-11-19-28(24)32)33-29-20-12-8-16-25(29)26-17-9-13-21-30(26)33/h2-22H,1H2/q-1/b4-3-,22-5+. The highest BCUT2D eigenvalue weighted by Crippen LogP contribution is 2.50. The highest BCUT2D eigenvalue weighted by Gasteiger charge is 2.23. The van der Waals surface area contributed by atoms with Gasteiger partial charge in [-0.25, -0.2) is 0 Å². The van der Waals surface area contributed by atoms with Crippen LogP contribution in [-0.4, -0.2) is 0 Å². The van der Waals surface area contributed by atoms with Gasteiger partial charge in [0.2, 0.25) is 0 Å². The first-order valence-corrected chi connectivity index (χ1v) is 11.3. The lowest BCUT2D eigenvalue weighted by Crippen LogP contribution is -1.90. The lowest BCUT2D eigenvalue weighted by molar-refractivity contribution is 1.65. The van der Waals surface area contributed by atoms with Crippen molar-refractivity contribution in [3.05, 3.63) is 151 Å².